The first-order chi connectivity index (χ1) is 17.0. The Hall–Kier alpha value is -3.86. The first-order valence-electron chi connectivity index (χ1n) is 10.8. The molecule has 2 aromatic carbocycles. The lowest BCUT2D eigenvalue weighted by Crippen LogP contribution is -2.27. The van der Waals surface area contributed by atoms with Gasteiger partial charge in [0.15, 0.2) is 6.10 Å². The van der Waals surface area contributed by atoms with Crippen LogP contribution < -0.4 is 20.3 Å². The van der Waals surface area contributed by atoms with Crippen LogP contribution >= 0.6 is 0 Å². The van der Waals surface area contributed by atoms with Crippen LogP contribution in [-0.2, 0) is 14.3 Å². The molecule has 0 aliphatic heterocycles. The number of anilines is 1. The first-order valence-corrected chi connectivity index (χ1v) is 10.8. The van der Waals surface area contributed by atoms with Gasteiger partial charge in [0.1, 0.15) is 24.2 Å². The van der Waals surface area contributed by atoms with E-state index in [4.69, 9.17) is 29.3 Å². The molecule has 188 valence electrons. The minimum Gasteiger partial charge on any atom is -0.497 e. The predicted octanol–water partition coefficient (Wildman–Crippen LogP) is 3.38. The van der Waals surface area contributed by atoms with Crippen molar-refractivity contribution in [2.45, 2.75) is 18.6 Å². The molecule has 10 heteroatoms. The molecular weight excluding hydrogens is 456 g/mol. The molecule has 0 spiro atoms. The van der Waals surface area contributed by atoms with Gasteiger partial charge in [-0.2, -0.15) is 0 Å². The quantitative estimate of drug-likeness (QED) is 0.146. The zero-order valence-corrected chi connectivity index (χ0v) is 19.5. The first kappa shape index (κ1) is 27.4. The van der Waals surface area contributed by atoms with E-state index >= 15 is 0 Å². The summed E-state index contributed by atoms with van der Waals surface area (Å²) in [5.74, 6) is 0.560. The Morgan fingerprint density at radius 1 is 1.00 bits per heavy atom. The third-order valence-corrected chi connectivity index (χ3v) is 4.75. The van der Waals surface area contributed by atoms with Gasteiger partial charge < -0.3 is 24.1 Å². The number of hydroxylamine groups is 1. The summed E-state index contributed by atoms with van der Waals surface area (Å²) in [6, 6.07) is 13.7. The SMILES string of the molecule is COc1ccc(NC(=O)O[C@H](c2ccc(OCCO)cc2)[C@@H](C/C=C/C=C/C(=O)NO)OC)cc1. The zero-order chi connectivity index (χ0) is 25.5. The van der Waals surface area contributed by atoms with Crippen LogP contribution in [-0.4, -0.2) is 55.9 Å². The number of amides is 2. The van der Waals surface area contributed by atoms with Crippen LogP contribution in [0, 0.1) is 0 Å². The van der Waals surface area contributed by atoms with Crippen molar-refractivity contribution in [1.29, 1.82) is 0 Å². The lowest BCUT2D eigenvalue weighted by atomic mass is 10.0. The molecular formula is C25H30N2O8. The number of hydrogen-bond acceptors (Lipinski definition) is 8. The van der Waals surface area contributed by atoms with Crippen molar-refractivity contribution in [3.63, 3.8) is 0 Å². The van der Waals surface area contributed by atoms with Crippen molar-refractivity contribution in [1.82, 2.24) is 5.48 Å². The number of ether oxygens (including phenoxy) is 4. The van der Waals surface area contributed by atoms with Crippen LogP contribution in [0.4, 0.5) is 10.5 Å². The standard InChI is InChI=1S/C25H30N2O8/c1-32-20-14-10-19(11-15-20)26-25(30)35-24(18-8-12-21(13-9-18)34-17-16-28)22(33-2)6-4-3-5-7-23(29)27-31/h3-5,7-15,22,24,28,31H,6,16-17H2,1-2H3,(H,26,30)(H,27,29)/b4-3+,7-5+/t22-,24-/m1/s1. The molecule has 0 fully saturated rings. The second-order valence-corrected chi connectivity index (χ2v) is 7.09. The van der Waals surface area contributed by atoms with Gasteiger partial charge >= 0.3 is 6.09 Å². The van der Waals surface area contributed by atoms with E-state index in [2.05, 4.69) is 5.32 Å². The van der Waals surface area contributed by atoms with E-state index in [1.807, 2.05) is 0 Å². The Labute approximate surface area is 203 Å². The Balaban J connectivity index is 2.17. The van der Waals surface area contributed by atoms with Gasteiger partial charge in [-0.3, -0.25) is 15.3 Å². The highest BCUT2D eigenvalue weighted by atomic mass is 16.6. The maximum atomic E-state index is 12.7. The monoisotopic (exact) mass is 486 g/mol. The molecule has 0 bridgehead atoms. The summed E-state index contributed by atoms with van der Waals surface area (Å²) in [5.41, 5.74) is 2.70. The molecule has 0 saturated heterocycles. The fourth-order valence-corrected chi connectivity index (χ4v) is 3.03. The molecule has 0 aromatic heterocycles. The van der Waals surface area contributed by atoms with E-state index in [0.29, 0.717) is 29.2 Å². The molecule has 10 nitrogen and oxygen atoms in total. The molecule has 35 heavy (non-hydrogen) atoms. The predicted molar refractivity (Wildman–Crippen MR) is 128 cm³/mol. The second-order valence-electron chi connectivity index (χ2n) is 7.09. The Kier molecular flexibility index (Phi) is 11.8. The fourth-order valence-electron chi connectivity index (χ4n) is 3.03. The van der Waals surface area contributed by atoms with Gasteiger partial charge in [0.05, 0.1) is 13.7 Å². The number of aliphatic hydroxyl groups excluding tert-OH is 1. The van der Waals surface area contributed by atoms with Gasteiger partial charge in [-0.05, 0) is 48.4 Å². The summed E-state index contributed by atoms with van der Waals surface area (Å²) >= 11 is 0. The van der Waals surface area contributed by atoms with Gasteiger partial charge in [-0.15, -0.1) is 0 Å². The molecule has 2 amide bonds. The van der Waals surface area contributed by atoms with Crippen LogP contribution in [0.3, 0.4) is 0 Å². The maximum absolute atomic E-state index is 12.7. The topological polar surface area (TPSA) is 136 Å². The van der Waals surface area contributed by atoms with E-state index in [9.17, 15) is 9.59 Å². The minimum absolute atomic E-state index is 0.106. The number of methoxy groups -OCH3 is 2. The maximum Gasteiger partial charge on any atom is 0.412 e. The second kappa shape index (κ2) is 15.1. The van der Waals surface area contributed by atoms with E-state index in [1.165, 1.54) is 18.7 Å². The average molecular weight is 487 g/mol. The Morgan fingerprint density at radius 3 is 2.29 bits per heavy atom. The van der Waals surface area contributed by atoms with Crippen LogP contribution in [0.2, 0.25) is 0 Å². The molecule has 0 saturated carbocycles. The number of hydrogen-bond donors (Lipinski definition) is 4. The van der Waals surface area contributed by atoms with Crippen molar-refractivity contribution in [3.8, 4) is 11.5 Å². The Bertz CT molecular complexity index is 974. The summed E-state index contributed by atoms with van der Waals surface area (Å²) in [6.45, 7) is 0.0579. The van der Waals surface area contributed by atoms with Crippen LogP contribution in [0.25, 0.3) is 0 Å². The summed E-state index contributed by atoms with van der Waals surface area (Å²) in [5, 5.41) is 20.1. The summed E-state index contributed by atoms with van der Waals surface area (Å²) < 4.78 is 21.9. The van der Waals surface area contributed by atoms with E-state index in [-0.39, 0.29) is 13.2 Å². The third-order valence-electron chi connectivity index (χ3n) is 4.75. The lowest BCUT2D eigenvalue weighted by molar-refractivity contribution is -0.124. The number of aliphatic hydroxyl groups is 1. The van der Waals surface area contributed by atoms with Crippen molar-refractivity contribution in [2.24, 2.45) is 0 Å². The Morgan fingerprint density at radius 2 is 1.69 bits per heavy atom. The van der Waals surface area contributed by atoms with Gasteiger partial charge in [0.25, 0.3) is 5.91 Å². The third kappa shape index (κ3) is 9.49. The van der Waals surface area contributed by atoms with E-state index in [1.54, 1.807) is 67.8 Å². The van der Waals surface area contributed by atoms with Crippen molar-refractivity contribution in [2.75, 3.05) is 32.8 Å². The highest BCUT2D eigenvalue weighted by Gasteiger charge is 2.26. The highest BCUT2D eigenvalue weighted by Crippen LogP contribution is 2.28. The molecule has 0 unspecified atom stereocenters. The van der Waals surface area contributed by atoms with Gasteiger partial charge in [0, 0.05) is 18.9 Å². The number of benzene rings is 2. The minimum atomic E-state index is -0.778. The molecule has 0 heterocycles. The van der Waals surface area contributed by atoms with Gasteiger partial charge in [-0.1, -0.05) is 30.4 Å². The van der Waals surface area contributed by atoms with Gasteiger partial charge in [-0.25, -0.2) is 10.3 Å². The number of rotatable bonds is 13. The molecule has 2 rings (SSSR count). The smallest absolute Gasteiger partial charge is 0.412 e. The van der Waals surface area contributed by atoms with E-state index in [0.717, 1.165) is 6.08 Å². The molecule has 4 N–H and O–H groups in total. The van der Waals surface area contributed by atoms with Crippen molar-refractivity contribution in [3.05, 3.63) is 78.4 Å². The van der Waals surface area contributed by atoms with E-state index < -0.39 is 24.2 Å². The van der Waals surface area contributed by atoms with Crippen LogP contribution in [0.5, 0.6) is 11.5 Å². The number of nitrogens with one attached hydrogen (secondary N) is 2. The van der Waals surface area contributed by atoms with Gasteiger partial charge in [0.2, 0.25) is 0 Å². The average Bonchev–Trinajstić information content (AvgIpc) is 2.89. The normalized spacial score (nSPS) is 12.8. The number of allylic oxidation sites excluding steroid dienone is 2. The fraction of sp³-hybridized carbons (Fsp3) is 0.280. The highest BCUT2D eigenvalue weighted by molar-refractivity contribution is 5.86. The molecule has 0 radical (unpaired) electrons. The van der Waals surface area contributed by atoms with Crippen molar-refractivity contribution < 1.29 is 38.9 Å². The largest absolute Gasteiger partial charge is 0.497 e. The number of carbonyl (C=O) groups excluding carboxylic acids is 2. The lowest BCUT2D eigenvalue weighted by Gasteiger charge is -2.26. The van der Waals surface area contributed by atoms with Crippen molar-refractivity contribution >= 4 is 17.7 Å². The molecule has 2 atom stereocenters. The summed E-state index contributed by atoms with van der Waals surface area (Å²) in [4.78, 5) is 23.8. The van der Waals surface area contributed by atoms with Crippen LogP contribution in [0.15, 0.2) is 72.8 Å². The molecule has 0 aliphatic rings. The zero-order valence-electron chi connectivity index (χ0n) is 19.5. The summed E-state index contributed by atoms with van der Waals surface area (Å²) in [6.07, 6.45) is 4.30. The molecule has 2 aromatic rings. The summed E-state index contributed by atoms with van der Waals surface area (Å²) in [7, 11) is 3.06. The van der Waals surface area contributed by atoms with Crippen LogP contribution in [0.1, 0.15) is 18.1 Å². The molecule has 0 aliphatic carbocycles. The number of carbonyl (C=O) groups is 2.